The molecule has 0 spiro atoms. The van der Waals surface area contributed by atoms with E-state index in [1.807, 2.05) is 6.92 Å². The predicted molar refractivity (Wildman–Crippen MR) is 93.5 cm³/mol. The summed E-state index contributed by atoms with van der Waals surface area (Å²) in [5.41, 5.74) is 2.35. The van der Waals surface area contributed by atoms with Crippen LogP contribution in [0.15, 0.2) is 36.7 Å². The molecule has 1 aromatic carbocycles. The van der Waals surface area contributed by atoms with Gasteiger partial charge in [-0.1, -0.05) is 11.6 Å². The van der Waals surface area contributed by atoms with E-state index >= 15 is 0 Å². The van der Waals surface area contributed by atoms with Crippen LogP contribution in [0, 0.1) is 6.92 Å². The van der Waals surface area contributed by atoms with Gasteiger partial charge in [0.05, 0.1) is 11.1 Å². The van der Waals surface area contributed by atoms with Crippen molar-refractivity contribution in [3.05, 3.63) is 58.4 Å². The van der Waals surface area contributed by atoms with Gasteiger partial charge in [0.1, 0.15) is 0 Å². The molecule has 2 aromatic rings. The van der Waals surface area contributed by atoms with Gasteiger partial charge in [0.25, 0.3) is 11.8 Å². The van der Waals surface area contributed by atoms with Crippen molar-refractivity contribution in [1.82, 2.24) is 9.88 Å². The van der Waals surface area contributed by atoms with E-state index in [1.54, 1.807) is 29.2 Å². The average Bonchev–Trinajstić information content (AvgIpc) is 3.11. The molecule has 2 heterocycles. The number of pyridine rings is 1. The number of carbonyl (C=O) groups is 2. The Labute approximate surface area is 145 Å². The second-order valence-electron chi connectivity index (χ2n) is 5.87. The Kier molecular flexibility index (Phi) is 4.81. The van der Waals surface area contributed by atoms with E-state index in [2.05, 4.69) is 10.3 Å². The van der Waals surface area contributed by atoms with Crippen molar-refractivity contribution in [2.24, 2.45) is 0 Å². The van der Waals surface area contributed by atoms with E-state index < -0.39 is 0 Å². The minimum absolute atomic E-state index is 0.0719. The minimum atomic E-state index is -0.302. The number of benzene rings is 1. The van der Waals surface area contributed by atoms with Gasteiger partial charge in [-0.2, -0.15) is 0 Å². The van der Waals surface area contributed by atoms with Crippen molar-refractivity contribution >= 4 is 29.1 Å². The first-order chi connectivity index (χ1) is 11.5. The molecule has 1 aliphatic heterocycles. The summed E-state index contributed by atoms with van der Waals surface area (Å²) in [5.74, 6) is -0.374. The van der Waals surface area contributed by atoms with Crippen LogP contribution in [0.5, 0.6) is 0 Å². The molecule has 0 radical (unpaired) electrons. The fourth-order valence-electron chi connectivity index (χ4n) is 2.75. The van der Waals surface area contributed by atoms with Crippen LogP contribution in [0.2, 0.25) is 5.02 Å². The van der Waals surface area contributed by atoms with Gasteiger partial charge >= 0.3 is 0 Å². The molecule has 0 aliphatic carbocycles. The maximum Gasteiger partial charge on any atom is 0.257 e. The van der Waals surface area contributed by atoms with Gasteiger partial charge in [0, 0.05) is 36.2 Å². The van der Waals surface area contributed by atoms with Gasteiger partial charge in [-0.3, -0.25) is 14.6 Å². The molecule has 0 atom stereocenters. The summed E-state index contributed by atoms with van der Waals surface area (Å²) >= 11 is 5.92. The highest BCUT2D eigenvalue weighted by Crippen LogP contribution is 2.20. The van der Waals surface area contributed by atoms with Crippen LogP contribution in [0.1, 0.15) is 39.1 Å². The highest BCUT2D eigenvalue weighted by atomic mass is 35.5. The highest BCUT2D eigenvalue weighted by molar-refractivity contribution is 6.30. The van der Waals surface area contributed by atoms with Crippen LogP contribution in [0.25, 0.3) is 0 Å². The van der Waals surface area contributed by atoms with Crippen LogP contribution in [-0.2, 0) is 0 Å². The molecule has 3 rings (SSSR count). The Hall–Kier alpha value is -2.40. The summed E-state index contributed by atoms with van der Waals surface area (Å²) in [4.78, 5) is 30.7. The molecule has 1 saturated heterocycles. The van der Waals surface area contributed by atoms with E-state index in [0.29, 0.717) is 21.8 Å². The van der Waals surface area contributed by atoms with E-state index in [0.717, 1.165) is 31.5 Å². The van der Waals surface area contributed by atoms with Gasteiger partial charge in [-0.05, 0) is 49.6 Å². The number of nitrogens with zero attached hydrogens (tertiary/aromatic N) is 2. The third-order valence-electron chi connectivity index (χ3n) is 4.08. The first kappa shape index (κ1) is 16.5. The Bertz CT molecular complexity index is 786. The Morgan fingerprint density at radius 3 is 2.54 bits per heavy atom. The maximum atomic E-state index is 12.4. The molecule has 1 aliphatic rings. The first-order valence-electron chi connectivity index (χ1n) is 7.86. The summed E-state index contributed by atoms with van der Waals surface area (Å²) in [7, 11) is 0. The van der Waals surface area contributed by atoms with Gasteiger partial charge in [0.15, 0.2) is 0 Å². The maximum absolute atomic E-state index is 12.4. The number of amides is 2. The SMILES string of the molecule is Cc1cc(Cl)ccc1NC(=O)c1cncc(C(=O)N2CCCC2)c1. The van der Waals surface area contributed by atoms with Crippen LogP contribution < -0.4 is 5.32 Å². The molecular weight excluding hydrogens is 326 g/mol. The van der Waals surface area contributed by atoms with Gasteiger partial charge in [-0.25, -0.2) is 0 Å². The summed E-state index contributed by atoms with van der Waals surface area (Å²) < 4.78 is 0. The molecule has 0 bridgehead atoms. The molecule has 2 amide bonds. The van der Waals surface area contributed by atoms with Crippen molar-refractivity contribution in [3.8, 4) is 0 Å². The quantitative estimate of drug-likeness (QED) is 0.927. The van der Waals surface area contributed by atoms with Gasteiger partial charge in [0.2, 0.25) is 0 Å². The molecule has 6 heteroatoms. The molecule has 24 heavy (non-hydrogen) atoms. The van der Waals surface area contributed by atoms with Crippen molar-refractivity contribution in [3.63, 3.8) is 0 Å². The average molecular weight is 344 g/mol. The third kappa shape index (κ3) is 3.57. The van der Waals surface area contributed by atoms with Crippen LogP contribution in [0.4, 0.5) is 5.69 Å². The summed E-state index contributed by atoms with van der Waals surface area (Å²) in [5, 5.41) is 3.44. The number of anilines is 1. The molecular formula is C18H18ClN3O2. The van der Waals surface area contributed by atoms with Gasteiger partial charge in [-0.15, -0.1) is 0 Å². The lowest BCUT2D eigenvalue weighted by molar-refractivity contribution is 0.0792. The van der Waals surface area contributed by atoms with E-state index in [4.69, 9.17) is 11.6 Å². The Balaban J connectivity index is 1.77. The summed E-state index contributed by atoms with van der Waals surface area (Å²) in [6, 6.07) is 6.84. The van der Waals surface area contributed by atoms with Crippen LogP contribution in [0.3, 0.4) is 0 Å². The number of aryl methyl sites for hydroxylation is 1. The van der Waals surface area contributed by atoms with E-state index in [9.17, 15) is 9.59 Å². The fourth-order valence-corrected chi connectivity index (χ4v) is 2.97. The number of rotatable bonds is 3. The third-order valence-corrected chi connectivity index (χ3v) is 4.31. The molecule has 1 N–H and O–H groups in total. The number of nitrogens with one attached hydrogen (secondary N) is 1. The van der Waals surface area contributed by atoms with Crippen molar-refractivity contribution in [2.45, 2.75) is 19.8 Å². The summed E-state index contributed by atoms with van der Waals surface area (Å²) in [6.07, 6.45) is 5.01. The van der Waals surface area contributed by atoms with Crippen molar-refractivity contribution in [1.29, 1.82) is 0 Å². The zero-order chi connectivity index (χ0) is 17.1. The van der Waals surface area contributed by atoms with Crippen molar-refractivity contribution < 1.29 is 9.59 Å². The number of aromatic nitrogens is 1. The smallest absolute Gasteiger partial charge is 0.257 e. The first-order valence-corrected chi connectivity index (χ1v) is 8.24. The van der Waals surface area contributed by atoms with Crippen LogP contribution >= 0.6 is 11.6 Å². The van der Waals surface area contributed by atoms with E-state index in [-0.39, 0.29) is 11.8 Å². The molecule has 5 nitrogen and oxygen atoms in total. The molecule has 0 unspecified atom stereocenters. The largest absolute Gasteiger partial charge is 0.339 e. The lowest BCUT2D eigenvalue weighted by Crippen LogP contribution is -2.28. The second-order valence-corrected chi connectivity index (χ2v) is 6.31. The fraction of sp³-hybridized carbons (Fsp3) is 0.278. The molecule has 1 aromatic heterocycles. The van der Waals surface area contributed by atoms with Crippen molar-refractivity contribution in [2.75, 3.05) is 18.4 Å². The molecule has 124 valence electrons. The summed E-state index contributed by atoms with van der Waals surface area (Å²) in [6.45, 7) is 3.39. The number of likely N-dealkylation sites (tertiary alicyclic amines) is 1. The predicted octanol–water partition coefficient (Wildman–Crippen LogP) is 3.53. The number of halogens is 1. The van der Waals surface area contributed by atoms with Crippen LogP contribution in [-0.4, -0.2) is 34.8 Å². The molecule has 0 saturated carbocycles. The number of hydrogen-bond acceptors (Lipinski definition) is 3. The minimum Gasteiger partial charge on any atom is -0.339 e. The monoisotopic (exact) mass is 343 g/mol. The second kappa shape index (κ2) is 7.01. The topological polar surface area (TPSA) is 62.3 Å². The standard InChI is InChI=1S/C18H18ClN3O2/c1-12-8-15(19)4-5-16(12)21-17(23)13-9-14(11-20-10-13)18(24)22-6-2-3-7-22/h4-5,8-11H,2-3,6-7H2,1H3,(H,21,23). The van der Waals surface area contributed by atoms with E-state index in [1.165, 1.54) is 12.4 Å². The Morgan fingerprint density at radius 2 is 1.83 bits per heavy atom. The molecule has 1 fully saturated rings. The lowest BCUT2D eigenvalue weighted by Gasteiger charge is -2.15. The lowest BCUT2D eigenvalue weighted by atomic mass is 10.1. The normalized spacial score (nSPS) is 13.8. The zero-order valence-electron chi connectivity index (χ0n) is 13.4. The highest BCUT2D eigenvalue weighted by Gasteiger charge is 2.20. The Morgan fingerprint density at radius 1 is 1.12 bits per heavy atom. The zero-order valence-corrected chi connectivity index (χ0v) is 14.1. The number of carbonyl (C=O) groups excluding carboxylic acids is 2. The van der Waals surface area contributed by atoms with Gasteiger partial charge < -0.3 is 10.2 Å². The number of hydrogen-bond donors (Lipinski definition) is 1.